The Morgan fingerprint density at radius 2 is 1.56 bits per heavy atom. The monoisotopic (exact) mass is 286 g/mol. The highest BCUT2D eigenvalue weighted by atomic mass is 79.9. The van der Waals surface area contributed by atoms with E-state index in [4.69, 9.17) is 0 Å². The lowest BCUT2D eigenvalue weighted by Gasteiger charge is -2.21. The molecule has 0 aliphatic carbocycles. The molecule has 1 rings (SSSR count). The number of halogens is 2. The summed E-state index contributed by atoms with van der Waals surface area (Å²) in [6, 6.07) is 3.92. The van der Waals surface area contributed by atoms with E-state index in [0.29, 0.717) is 10.7 Å². The van der Waals surface area contributed by atoms with Crippen molar-refractivity contribution in [2.24, 2.45) is 5.92 Å². The van der Waals surface area contributed by atoms with Crippen LogP contribution < -0.4 is 0 Å². The van der Waals surface area contributed by atoms with Gasteiger partial charge in [-0.2, -0.15) is 0 Å². The fourth-order valence-electron chi connectivity index (χ4n) is 2.11. The average Bonchev–Trinajstić information content (AvgIpc) is 2.26. The Kier molecular flexibility index (Phi) is 4.97. The Morgan fingerprint density at radius 1 is 1.12 bits per heavy atom. The Morgan fingerprint density at radius 3 is 1.94 bits per heavy atom. The number of hydrogen-bond donors (Lipinski definition) is 0. The van der Waals surface area contributed by atoms with E-state index in [1.807, 2.05) is 26.0 Å². The van der Waals surface area contributed by atoms with E-state index >= 15 is 0 Å². The highest BCUT2D eigenvalue weighted by molar-refractivity contribution is 9.09. The van der Waals surface area contributed by atoms with E-state index in [9.17, 15) is 4.39 Å². The summed E-state index contributed by atoms with van der Waals surface area (Å²) >= 11 is 3.74. The van der Waals surface area contributed by atoms with Crippen LogP contribution in [0.5, 0.6) is 0 Å². The van der Waals surface area contributed by atoms with Crippen LogP contribution in [-0.2, 0) is 0 Å². The first kappa shape index (κ1) is 13.7. The first-order chi connectivity index (χ1) is 7.51. The zero-order chi connectivity index (χ0) is 12.3. The van der Waals surface area contributed by atoms with Crippen molar-refractivity contribution < 1.29 is 4.39 Å². The minimum atomic E-state index is -0.0759. The molecular weight excluding hydrogens is 267 g/mol. The van der Waals surface area contributed by atoms with Crippen molar-refractivity contribution in [1.82, 2.24) is 0 Å². The number of aryl methyl sites for hydroxylation is 2. The molecule has 0 N–H and O–H groups in total. The van der Waals surface area contributed by atoms with Crippen LogP contribution in [0.3, 0.4) is 0 Å². The molecule has 16 heavy (non-hydrogen) atoms. The molecule has 0 bridgehead atoms. The summed E-state index contributed by atoms with van der Waals surface area (Å²) in [5.41, 5.74) is 2.68. The SMILES string of the molecule is CCC(CC)C(Br)c1cc(C)c(F)c(C)c1. The van der Waals surface area contributed by atoms with Crippen LogP contribution >= 0.6 is 15.9 Å². The first-order valence-electron chi connectivity index (χ1n) is 5.91. The lowest BCUT2D eigenvalue weighted by molar-refractivity contribution is 0.485. The molecule has 1 aromatic carbocycles. The van der Waals surface area contributed by atoms with Crippen LogP contribution in [0.4, 0.5) is 4.39 Å². The van der Waals surface area contributed by atoms with E-state index in [-0.39, 0.29) is 5.82 Å². The van der Waals surface area contributed by atoms with Crippen molar-refractivity contribution in [2.45, 2.75) is 45.4 Å². The molecule has 1 unspecified atom stereocenters. The van der Waals surface area contributed by atoms with E-state index < -0.39 is 0 Å². The molecule has 90 valence electrons. The summed E-state index contributed by atoms with van der Waals surface area (Å²) in [6.45, 7) is 8.06. The first-order valence-corrected chi connectivity index (χ1v) is 6.83. The predicted molar refractivity (Wildman–Crippen MR) is 71.6 cm³/mol. The van der Waals surface area contributed by atoms with Gasteiger partial charge in [0, 0.05) is 4.83 Å². The fraction of sp³-hybridized carbons (Fsp3) is 0.571. The topological polar surface area (TPSA) is 0 Å². The van der Waals surface area contributed by atoms with Gasteiger partial charge in [0.1, 0.15) is 5.82 Å². The van der Waals surface area contributed by atoms with Gasteiger partial charge in [-0.15, -0.1) is 0 Å². The van der Waals surface area contributed by atoms with Crippen molar-refractivity contribution in [3.05, 3.63) is 34.6 Å². The second kappa shape index (κ2) is 5.81. The minimum absolute atomic E-state index is 0.0759. The van der Waals surface area contributed by atoms with E-state index in [0.717, 1.165) is 24.0 Å². The Balaban J connectivity index is 3.04. The van der Waals surface area contributed by atoms with Crippen molar-refractivity contribution in [2.75, 3.05) is 0 Å². The Bertz CT molecular complexity index is 333. The van der Waals surface area contributed by atoms with Gasteiger partial charge in [-0.1, -0.05) is 54.8 Å². The van der Waals surface area contributed by atoms with Crippen molar-refractivity contribution in [3.8, 4) is 0 Å². The summed E-state index contributed by atoms with van der Waals surface area (Å²) in [6.07, 6.45) is 2.28. The van der Waals surface area contributed by atoms with Gasteiger partial charge in [0.25, 0.3) is 0 Å². The molecular formula is C14H20BrF. The predicted octanol–water partition coefficient (Wildman–Crippen LogP) is 5.31. The highest BCUT2D eigenvalue weighted by Crippen LogP contribution is 2.36. The highest BCUT2D eigenvalue weighted by Gasteiger charge is 2.18. The van der Waals surface area contributed by atoms with Gasteiger partial charge in [0.2, 0.25) is 0 Å². The molecule has 0 saturated heterocycles. The maximum absolute atomic E-state index is 13.5. The standard InChI is InChI=1S/C14H20BrF/c1-5-11(6-2)13(15)12-7-9(3)14(16)10(4)8-12/h7-8,11,13H,5-6H2,1-4H3. The molecule has 0 nitrogen and oxygen atoms in total. The third kappa shape index (κ3) is 2.85. The van der Waals surface area contributed by atoms with Crippen LogP contribution in [0.25, 0.3) is 0 Å². The molecule has 0 radical (unpaired) electrons. The smallest absolute Gasteiger partial charge is 0.129 e. The molecule has 0 fully saturated rings. The second-order valence-electron chi connectivity index (χ2n) is 4.45. The van der Waals surface area contributed by atoms with Gasteiger partial charge in [0.15, 0.2) is 0 Å². The Labute approximate surface area is 106 Å². The van der Waals surface area contributed by atoms with Crippen LogP contribution in [0.15, 0.2) is 12.1 Å². The quantitative estimate of drug-likeness (QED) is 0.658. The van der Waals surface area contributed by atoms with Crippen LogP contribution in [0.1, 0.15) is 48.2 Å². The maximum atomic E-state index is 13.5. The van der Waals surface area contributed by atoms with Crippen molar-refractivity contribution in [1.29, 1.82) is 0 Å². The van der Waals surface area contributed by atoms with Crippen LogP contribution in [0, 0.1) is 25.6 Å². The van der Waals surface area contributed by atoms with Crippen molar-refractivity contribution in [3.63, 3.8) is 0 Å². The van der Waals surface area contributed by atoms with Crippen LogP contribution in [0.2, 0.25) is 0 Å². The number of alkyl halides is 1. The molecule has 0 aliphatic heterocycles. The molecule has 1 aromatic rings. The van der Waals surface area contributed by atoms with E-state index in [1.54, 1.807) is 0 Å². The number of benzene rings is 1. The molecule has 0 saturated carbocycles. The second-order valence-corrected chi connectivity index (χ2v) is 5.43. The molecule has 0 heterocycles. The zero-order valence-electron chi connectivity index (χ0n) is 10.5. The number of hydrogen-bond acceptors (Lipinski definition) is 0. The minimum Gasteiger partial charge on any atom is -0.206 e. The zero-order valence-corrected chi connectivity index (χ0v) is 12.1. The summed E-state index contributed by atoms with van der Waals surface area (Å²) < 4.78 is 13.5. The van der Waals surface area contributed by atoms with Crippen LogP contribution in [-0.4, -0.2) is 0 Å². The van der Waals surface area contributed by atoms with Gasteiger partial charge in [0.05, 0.1) is 0 Å². The summed E-state index contributed by atoms with van der Waals surface area (Å²) in [5.74, 6) is 0.539. The number of rotatable bonds is 4. The molecule has 2 heteroatoms. The Hall–Kier alpha value is -0.370. The maximum Gasteiger partial charge on any atom is 0.129 e. The molecule has 0 spiro atoms. The van der Waals surface area contributed by atoms with Gasteiger partial charge >= 0.3 is 0 Å². The van der Waals surface area contributed by atoms with E-state index in [2.05, 4.69) is 29.8 Å². The van der Waals surface area contributed by atoms with E-state index in [1.165, 1.54) is 5.56 Å². The normalized spacial score (nSPS) is 13.2. The molecule has 0 aliphatic rings. The molecule has 0 aromatic heterocycles. The summed E-state index contributed by atoms with van der Waals surface area (Å²) in [7, 11) is 0. The molecule has 0 amide bonds. The van der Waals surface area contributed by atoms with Gasteiger partial charge in [-0.05, 0) is 36.5 Å². The lowest BCUT2D eigenvalue weighted by Crippen LogP contribution is -2.06. The third-order valence-electron chi connectivity index (χ3n) is 3.24. The largest absolute Gasteiger partial charge is 0.206 e. The van der Waals surface area contributed by atoms with Crippen molar-refractivity contribution >= 4 is 15.9 Å². The van der Waals surface area contributed by atoms with Gasteiger partial charge < -0.3 is 0 Å². The lowest BCUT2D eigenvalue weighted by atomic mass is 9.92. The fourth-order valence-corrected chi connectivity index (χ4v) is 3.13. The summed E-state index contributed by atoms with van der Waals surface area (Å²) in [4.78, 5) is 0.334. The third-order valence-corrected chi connectivity index (χ3v) is 4.52. The summed E-state index contributed by atoms with van der Waals surface area (Å²) in [5, 5.41) is 0. The molecule has 1 atom stereocenters. The van der Waals surface area contributed by atoms with Gasteiger partial charge in [-0.25, -0.2) is 4.39 Å². The van der Waals surface area contributed by atoms with Gasteiger partial charge in [-0.3, -0.25) is 0 Å². The average molecular weight is 287 g/mol.